The zero-order chi connectivity index (χ0) is 13.9. The van der Waals surface area contributed by atoms with E-state index in [1.807, 2.05) is 24.3 Å². The monoisotopic (exact) mass is 267 g/mol. The third-order valence-electron chi connectivity index (χ3n) is 2.97. The van der Waals surface area contributed by atoms with Crippen LogP contribution in [0.2, 0.25) is 0 Å². The summed E-state index contributed by atoms with van der Waals surface area (Å²) in [6.45, 7) is 0. The van der Waals surface area contributed by atoms with Crippen LogP contribution in [0.15, 0.2) is 54.7 Å². The Balaban J connectivity index is 1.99. The molecule has 4 heteroatoms. The van der Waals surface area contributed by atoms with Crippen molar-refractivity contribution in [1.29, 1.82) is 0 Å². The number of aromatic nitrogens is 1. The van der Waals surface area contributed by atoms with E-state index in [1.165, 1.54) is 0 Å². The molecule has 0 radical (unpaired) electrons. The minimum Gasteiger partial charge on any atom is -0.504 e. The van der Waals surface area contributed by atoms with Gasteiger partial charge in [-0.3, -0.25) is 0 Å². The number of pyridine rings is 1. The van der Waals surface area contributed by atoms with Crippen LogP contribution in [0.1, 0.15) is 0 Å². The Bertz CT molecular complexity index is 756. The largest absolute Gasteiger partial charge is 0.504 e. The van der Waals surface area contributed by atoms with Crippen LogP contribution < -0.4 is 9.47 Å². The summed E-state index contributed by atoms with van der Waals surface area (Å²) < 4.78 is 10.7. The zero-order valence-electron chi connectivity index (χ0n) is 10.9. The number of rotatable bonds is 3. The Morgan fingerprint density at radius 1 is 1.00 bits per heavy atom. The van der Waals surface area contributed by atoms with Crippen LogP contribution in [0, 0.1) is 0 Å². The van der Waals surface area contributed by atoms with Gasteiger partial charge >= 0.3 is 0 Å². The van der Waals surface area contributed by atoms with Crippen molar-refractivity contribution in [3.8, 4) is 23.1 Å². The van der Waals surface area contributed by atoms with Gasteiger partial charge in [0.1, 0.15) is 5.75 Å². The summed E-state index contributed by atoms with van der Waals surface area (Å²) in [5.74, 6) is 1.52. The van der Waals surface area contributed by atoms with Crippen LogP contribution in [0.4, 0.5) is 0 Å². The van der Waals surface area contributed by atoms with Crippen LogP contribution in [0.3, 0.4) is 0 Å². The Hall–Kier alpha value is -2.75. The molecular weight excluding hydrogens is 254 g/mol. The minimum atomic E-state index is 0.0967. The van der Waals surface area contributed by atoms with Gasteiger partial charge < -0.3 is 14.6 Å². The summed E-state index contributed by atoms with van der Waals surface area (Å²) >= 11 is 0. The first kappa shape index (κ1) is 12.3. The normalized spacial score (nSPS) is 10.4. The first-order valence-corrected chi connectivity index (χ1v) is 6.16. The van der Waals surface area contributed by atoms with E-state index in [-0.39, 0.29) is 5.75 Å². The molecule has 0 saturated carbocycles. The number of hydrogen-bond donors (Lipinski definition) is 1. The van der Waals surface area contributed by atoms with E-state index in [0.29, 0.717) is 17.4 Å². The summed E-state index contributed by atoms with van der Waals surface area (Å²) in [6, 6.07) is 14.6. The molecule has 0 saturated heterocycles. The zero-order valence-corrected chi connectivity index (χ0v) is 10.9. The van der Waals surface area contributed by atoms with E-state index in [4.69, 9.17) is 9.47 Å². The van der Waals surface area contributed by atoms with E-state index in [9.17, 15) is 5.11 Å². The predicted octanol–water partition coefficient (Wildman–Crippen LogP) is 3.74. The maximum Gasteiger partial charge on any atom is 0.216 e. The average molecular weight is 267 g/mol. The predicted molar refractivity (Wildman–Crippen MR) is 76.5 cm³/mol. The van der Waals surface area contributed by atoms with Gasteiger partial charge in [0.15, 0.2) is 11.5 Å². The Morgan fingerprint density at radius 2 is 1.75 bits per heavy atom. The topological polar surface area (TPSA) is 51.6 Å². The Morgan fingerprint density at radius 3 is 2.50 bits per heavy atom. The van der Waals surface area contributed by atoms with Gasteiger partial charge in [-0.15, -0.1) is 0 Å². The second kappa shape index (κ2) is 5.09. The standard InChI is InChI=1S/C16H13NO3/c1-19-16-10-13(6-7-17-16)20-15-9-12-5-3-2-4-11(12)8-14(15)18/h2-10,18H,1H3. The third-order valence-corrected chi connectivity index (χ3v) is 2.97. The molecule has 3 aromatic rings. The van der Waals surface area contributed by atoms with Gasteiger partial charge in [-0.1, -0.05) is 24.3 Å². The van der Waals surface area contributed by atoms with Crippen molar-refractivity contribution in [1.82, 2.24) is 4.98 Å². The van der Waals surface area contributed by atoms with Gasteiger partial charge in [-0.05, 0) is 29.0 Å². The van der Waals surface area contributed by atoms with Gasteiger partial charge in [0.05, 0.1) is 7.11 Å². The number of benzene rings is 2. The lowest BCUT2D eigenvalue weighted by molar-refractivity contribution is 0.387. The van der Waals surface area contributed by atoms with Crippen LogP contribution in [-0.2, 0) is 0 Å². The molecule has 1 heterocycles. The van der Waals surface area contributed by atoms with Crippen molar-refractivity contribution in [2.24, 2.45) is 0 Å². The molecule has 0 fully saturated rings. The first-order valence-electron chi connectivity index (χ1n) is 6.16. The van der Waals surface area contributed by atoms with Crippen LogP contribution in [0.5, 0.6) is 23.1 Å². The van der Waals surface area contributed by atoms with Crippen molar-refractivity contribution in [2.45, 2.75) is 0 Å². The van der Waals surface area contributed by atoms with Crippen molar-refractivity contribution in [3.63, 3.8) is 0 Å². The van der Waals surface area contributed by atoms with Gasteiger partial charge in [-0.25, -0.2) is 4.98 Å². The molecule has 100 valence electrons. The lowest BCUT2D eigenvalue weighted by Gasteiger charge is -2.09. The maximum absolute atomic E-state index is 10.0. The minimum absolute atomic E-state index is 0.0967. The van der Waals surface area contributed by atoms with Gasteiger partial charge in [-0.2, -0.15) is 0 Å². The molecule has 3 rings (SSSR count). The number of ether oxygens (including phenoxy) is 2. The summed E-state index contributed by atoms with van der Waals surface area (Å²) in [5.41, 5.74) is 0. The smallest absolute Gasteiger partial charge is 0.216 e. The van der Waals surface area contributed by atoms with E-state index in [1.54, 1.807) is 37.6 Å². The van der Waals surface area contributed by atoms with Crippen molar-refractivity contribution in [3.05, 3.63) is 54.7 Å². The molecule has 0 atom stereocenters. The number of methoxy groups -OCH3 is 1. The second-order valence-corrected chi connectivity index (χ2v) is 4.30. The number of fused-ring (bicyclic) bond motifs is 1. The summed E-state index contributed by atoms with van der Waals surface area (Å²) in [7, 11) is 1.54. The highest BCUT2D eigenvalue weighted by molar-refractivity contribution is 5.86. The third kappa shape index (κ3) is 2.36. The number of phenols is 1. The van der Waals surface area contributed by atoms with Gasteiger partial charge in [0.2, 0.25) is 5.88 Å². The Labute approximate surface area is 116 Å². The SMILES string of the molecule is COc1cc(Oc2cc3ccccc3cc2O)ccn1. The van der Waals surface area contributed by atoms with Gasteiger partial charge in [0.25, 0.3) is 0 Å². The van der Waals surface area contributed by atoms with Gasteiger partial charge in [0, 0.05) is 12.3 Å². The van der Waals surface area contributed by atoms with Crippen LogP contribution in [-0.4, -0.2) is 17.2 Å². The number of nitrogens with zero attached hydrogens (tertiary/aromatic N) is 1. The fraction of sp³-hybridized carbons (Fsp3) is 0.0625. The molecular formula is C16H13NO3. The number of hydrogen-bond acceptors (Lipinski definition) is 4. The molecule has 2 aromatic carbocycles. The Kier molecular flexibility index (Phi) is 3.13. The van der Waals surface area contributed by atoms with Crippen molar-refractivity contribution in [2.75, 3.05) is 7.11 Å². The van der Waals surface area contributed by atoms with E-state index in [2.05, 4.69) is 4.98 Å². The molecule has 0 amide bonds. The summed E-state index contributed by atoms with van der Waals surface area (Å²) in [6.07, 6.45) is 1.59. The fourth-order valence-corrected chi connectivity index (χ4v) is 1.98. The molecule has 1 aromatic heterocycles. The number of phenolic OH excluding ortho intramolecular Hbond substituents is 1. The van der Waals surface area contributed by atoms with E-state index >= 15 is 0 Å². The van der Waals surface area contributed by atoms with Crippen molar-refractivity contribution < 1.29 is 14.6 Å². The van der Waals surface area contributed by atoms with Crippen LogP contribution >= 0.6 is 0 Å². The van der Waals surface area contributed by atoms with E-state index < -0.39 is 0 Å². The quantitative estimate of drug-likeness (QED) is 0.785. The highest BCUT2D eigenvalue weighted by atomic mass is 16.5. The summed E-state index contributed by atoms with van der Waals surface area (Å²) in [5, 5.41) is 12.0. The second-order valence-electron chi connectivity index (χ2n) is 4.30. The highest BCUT2D eigenvalue weighted by Crippen LogP contribution is 2.35. The molecule has 0 bridgehead atoms. The first-order chi connectivity index (χ1) is 9.76. The van der Waals surface area contributed by atoms with Crippen LogP contribution in [0.25, 0.3) is 10.8 Å². The van der Waals surface area contributed by atoms with Crippen molar-refractivity contribution >= 4 is 10.8 Å². The summed E-state index contributed by atoms with van der Waals surface area (Å²) in [4.78, 5) is 4.01. The highest BCUT2D eigenvalue weighted by Gasteiger charge is 2.07. The molecule has 1 N–H and O–H groups in total. The molecule has 4 nitrogen and oxygen atoms in total. The molecule has 0 aliphatic heterocycles. The number of aromatic hydroxyl groups is 1. The average Bonchev–Trinajstić information content (AvgIpc) is 2.48. The van der Waals surface area contributed by atoms with E-state index in [0.717, 1.165) is 10.8 Å². The molecule has 0 unspecified atom stereocenters. The molecule has 20 heavy (non-hydrogen) atoms. The maximum atomic E-state index is 10.0. The molecule has 0 spiro atoms. The fourth-order valence-electron chi connectivity index (χ4n) is 1.98. The lowest BCUT2D eigenvalue weighted by Crippen LogP contribution is -1.89. The molecule has 0 aliphatic rings. The lowest BCUT2D eigenvalue weighted by atomic mass is 10.1. The molecule has 0 aliphatic carbocycles.